The van der Waals surface area contributed by atoms with Crippen LogP contribution in [0.2, 0.25) is 0 Å². The van der Waals surface area contributed by atoms with E-state index in [2.05, 4.69) is 10.1 Å². The van der Waals surface area contributed by atoms with Crippen LogP contribution in [0.4, 0.5) is 4.79 Å². The molecule has 98 valence electrons. The van der Waals surface area contributed by atoms with Gasteiger partial charge in [-0.25, -0.2) is 4.79 Å². The van der Waals surface area contributed by atoms with Crippen molar-refractivity contribution in [3.05, 3.63) is 0 Å². The van der Waals surface area contributed by atoms with Crippen LogP contribution in [0.5, 0.6) is 0 Å². The minimum Gasteiger partial charge on any atom is -0.469 e. The Bertz CT molecular complexity index is 295. The van der Waals surface area contributed by atoms with E-state index in [1.165, 1.54) is 14.0 Å². The number of amides is 1. The van der Waals surface area contributed by atoms with Crippen LogP contribution < -0.4 is 5.32 Å². The second kappa shape index (κ2) is 6.22. The van der Waals surface area contributed by atoms with Gasteiger partial charge in [0.1, 0.15) is 17.9 Å². The predicted octanol–water partition coefficient (Wildman–Crippen LogP) is 0.888. The summed E-state index contributed by atoms with van der Waals surface area (Å²) in [6.07, 6.45) is -0.267. The first-order valence-electron chi connectivity index (χ1n) is 5.24. The van der Waals surface area contributed by atoms with Gasteiger partial charge in [-0.3, -0.25) is 4.79 Å². The topological polar surface area (TPSA) is 81.7 Å². The Kier molecular flexibility index (Phi) is 5.64. The van der Waals surface area contributed by atoms with E-state index in [1.807, 2.05) is 0 Å². The number of carbonyl (C=O) groups excluding carboxylic acids is 3. The van der Waals surface area contributed by atoms with E-state index in [4.69, 9.17) is 4.74 Å². The maximum absolute atomic E-state index is 11.4. The van der Waals surface area contributed by atoms with Gasteiger partial charge in [-0.2, -0.15) is 0 Å². The maximum atomic E-state index is 11.4. The Morgan fingerprint density at radius 2 is 1.82 bits per heavy atom. The molecule has 2 atom stereocenters. The molecule has 0 unspecified atom stereocenters. The smallest absolute Gasteiger partial charge is 0.408 e. The van der Waals surface area contributed by atoms with Crippen molar-refractivity contribution in [1.82, 2.24) is 5.32 Å². The molecule has 0 radical (unpaired) electrons. The SMILES string of the molecule is COC(=O)[C@@H](C)[C@H](C=O)NC(=O)OC(C)(C)C. The van der Waals surface area contributed by atoms with Crippen molar-refractivity contribution in [3.63, 3.8) is 0 Å². The van der Waals surface area contributed by atoms with Crippen LogP contribution in [0, 0.1) is 5.92 Å². The van der Waals surface area contributed by atoms with E-state index >= 15 is 0 Å². The number of hydrogen-bond acceptors (Lipinski definition) is 5. The summed E-state index contributed by atoms with van der Waals surface area (Å²) in [6.45, 7) is 6.59. The number of alkyl carbamates (subject to hydrolysis) is 1. The Morgan fingerprint density at radius 1 is 1.29 bits per heavy atom. The van der Waals surface area contributed by atoms with Crippen molar-refractivity contribution < 1.29 is 23.9 Å². The molecule has 17 heavy (non-hydrogen) atoms. The second-order valence-corrected chi connectivity index (χ2v) is 4.62. The van der Waals surface area contributed by atoms with Gasteiger partial charge < -0.3 is 19.6 Å². The first-order valence-corrected chi connectivity index (χ1v) is 5.24. The maximum Gasteiger partial charge on any atom is 0.408 e. The van der Waals surface area contributed by atoms with Crippen LogP contribution in [0.3, 0.4) is 0 Å². The molecule has 0 aromatic rings. The molecule has 0 bridgehead atoms. The third-order valence-corrected chi connectivity index (χ3v) is 1.94. The molecule has 1 amide bonds. The van der Waals surface area contributed by atoms with Crippen LogP contribution in [-0.2, 0) is 19.1 Å². The van der Waals surface area contributed by atoms with Crippen molar-refractivity contribution in [1.29, 1.82) is 0 Å². The minimum absolute atomic E-state index is 0.478. The molecule has 0 aliphatic heterocycles. The van der Waals surface area contributed by atoms with Gasteiger partial charge in [0.05, 0.1) is 13.0 Å². The molecule has 0 saturated carbocycles. The number of carbonyl (C=O) groups is 3. The van der Waals surface area contributed by atoms with Gasteiger partial charge in [-0.05, 0) is 27.7 Å². The lowest BCUT2D eigenvalue weighted by Crippen LogP contribution is -2.45. The first kappa shape index (κ1) is 15.4. The minimum atomic E-state index is -0.961. The summed E-state index contributed by atoms with van der Waals surface area (Å²) in [5.41, 5.74) is -0.661. The van der Waals surface area contributed by atoms with Crippen molar-refractivity contribution in [3.8, 4) is 0 Å². The zero-order chi connectivity index (χ0) is 13.6. The summed E-state index contributed by atoms with van der Waals surface area (Å²) in [6, 6.07) is -0.961. The largest absolute Gasteiger partial charge is 0.469 e. The summed E-state index contributed by atoms with van der Waals surface area (Å²) in [5.74, 6) is -1.33. The average Bonchev–Trinajstić information content (AvgIpc) is 2.21. The van der Waals surface area contributed by atoms with Gasteiger partial charge in [-0.1, -0.05) is 0 Å². The summed E-state index contributed by atoms with van der Waals surface area (Å²) < 4.78 is 9.46. The summed E-state index contributed by atoms with van der Waals surface area (Å²) in [5, 5.41) is 2.31. The third kappa shape index (κ3) is 5.89. The highest BCUT2D eigenvalue weighted by Gasteiger charge is 2.27. The Hall–Kier alpha value is -1.59. The summed E-state index contributed by atoms with van der Waals surface area (Å²) in [4.78, 5) is 33.4. The van der Waals surface area contributed by atoms with Gasteiger partial charge in [0, 0.05) is 0 Å². The van der Waals surface area contributed by atoms with E-state index < -0.39 is 29.6 Å². The Morgan fingerprint density at radius 3 is 2.18 bits per heavy atom. The van der Waals surface area contributed by atoms with Crippen molar-refractivity contribution in [2.45, 2.75) is 39.3 Å². The molecule has 0 heterocycles. The van der Waals surface area contributed by atoms with E-state index in [0.717, 1.165) is 0 Å². The average molecular weight is 245 g/mol. The fourth-order valence-corrected chi connectivity index (χ4v) is 1.05. The molecule has 0 aliphatic carbocycles. The number of esters is 1. The lowest BCUT2D eigenvalue weighted by molar-refractivity contribution is -0.146. The van der Waals surface area contributed by atoms with Crippen molar-refractivity contribution in [2.75, 3.05) is 7.11 Å². The predicted molar refractivity (Wildman–Crippen MR) is 60.4 cm³/mol. The molecule has 1 N–H and O–H groups in total. The van der Waals surface area contributed by atoms with Crippen molar-refractivity contribution in [2.24, 2.45) is 5.92 Å². The van der Waals surface area contributed by atoms with Gasteiger partial charge in [0.15, 0.2) is 0 Å². The number of nitrogens with one attached hydrogen (secondary N) is 1. The van der Waals surface area contributed by atoms with Crippen LogP contribution in [0.25, 0.3) is 0 Å². The molecule has 0 aromatic heterocycles. The molecular weight excluding hydrogens is 226 g/mol. The fourth-order valence-electron chi connectivity index (χ4n) is 1.05. The van der Waals surface area contributed by atoms with Crippen molar-refractivity contribution >= 4 is 18.3 Å². The molecule has 6 nitrogen and oxygen atoms in total. The van der Waals surface area contributed by atoms with Gasteiger partial charge >= 0.3 is 12.1 Å². The van der Waals surface area contributed by atoms with Crippen LogP contribution in [-0.4, -0.2) is 37.1 Å². The Balaban J connectivity index is 4.46. The zero-order valence-corrected chi connectivity index (χ0v) is 10.8. The molecule has 6 heteroatoms. The third-order valence-electron chi connectivity index (χ3n) is 1.94. The molecule has 0 spiro atoms. The monoisotopic (exact) mass is 245 g/mol. The number of methoxy groups -OCH3 is 1. The standard InChI is InChI=1S/C11H19NO5/c1-7(9(14)16-5)8(6-13)12-10(15)17-11(2,3)4/h6-8H,1-5H3,(H,12,15)/t7-,8-/m0/s1. The zero-order valence-electron chi connectivity index (χ0n) is 10.8. The van der Waals surface area contributed by atoms with E-state index in [1.54, 1.807) is 20.8 Å². The fraction of sp³-hybridized carbons (Fsp3) is 0.727. The quantitative estimate of drug-likeness (QED) is 0.587. The lowest BCUT2D eigenvalue weighted by Gasteiger charge is -2.23. The molecule has 0 fully saturated rings. The number of aldehydes is 1. The molecular formula is C11H19NO5. The van der Waals surface area contributed by atoms with E-state index in [0.29, 0.717) is 6.29 Å². The number of rotatable bonds is 4. The van der Waals surface area contributed by atoms with Crippen LogP contribution in [0.15, 0.2) is 0 Å². The summed E-state index contributed by atoms with van der Waals surface area (Å²) in [7, 11) is 1.22. The number of hydrogen-bond donors (Lipinski definition) is 1. The normalized spacial score (nSPS) is 14.4. The highest BCUT2D eigenvalue weighted by atomic mass is 16.6. The van der Waals surface area contributed by atoms with Gasteiger partial charge in [0.25, 0.3) is 0 Å². The van der Waals surface area contributed by atoms with E-state index in [-0.39, 0.29) is 0 Å². The van der Waals surface area contributed by atoms with Gasteiger partial charge in [0.2, 0.25) is 0 Å². The summed E-state index contributed by atoms with van der Waals surface area (Å²) >= 11 is 0. The lowest BCUT2D eigenvalue weighted by atomic mass is 10.0. The number of ether oxygens (including phenoxy) is 2. The van der Waals surface area contributed by atoms with Crippen LogP contribution in [0.1, 0.15) is 27.7 Å². The molecule has 0 saturated heterocycles. The van der Waals surface area contributed by atoms with Gasteiger partial charge in [-0.15, -0.1) is 0 Å². The van der Waals surface area contributed by atoms with Crippen LogP contribution >= 0.6 is 0 Å². The first-order chi connectivity index (χ1) is 7.71. The second-order valence-electron chi connectivity index (χ2n) is 4.62. The molecule has 0 aromatic carbocycles. The highest BCUT2D eigenvalue weighted by molar-refractivity contribution is 5.81. The molecule has 0 rings (SSSR count). The Labute approximate surface area is 101 Å². The highest BCUT2D eigenvalue weighted by Crippen LogP contribution is 2.08. The van der Waals surface area contributed by atoms with E-state index in [9.17, 15) is 14.4 Å². The molecule has 0 aliphatic rings.